The molecule has 3 heterocycles. The van der Waals surface area contributed by atoms with E-state index in [2.05, 4.69) is 55.2 Å². The van der Waals surface area contributed by atoms with E-state index in [1.807, 2.05) is 23.6 Å². The van der Waals surface area contributed by atoms with E-state index in [4.69, 9.17) is 0 Å². The van der Waals surface area contributed by atoms with Crippen molar-refractivity contribution in [3.05, 3.63) is 72.1 Å². The lowest BCUT2D eigenvalue weighted by molar-refractivity contribution is 0.0748. The number of hydrogen-bond donors (Lipinski definition) is 4. The summed E-state index contributed by atoms with van der Waals surface area (Å²) in [7, 11) is 0. The first kappa shape index (κ1) is 19.9. The molecule has 4 N–H and O–H groups in total. The number of pyridine rings is 1. The summed E-state index contributed by atoms with van der Waals surface area (Å²) in [5.41, 5.74) is 2.24. The predicted octanol–water partition coefficient (Wildman–Crippen LogP) is 4.27. The largest absolute Gasteiger partial charge is 0.371 e. The number of rotatable bonds is 7. The molecule has 0 aliphatic heterocycles. The van der Waals surface area contributed by atoms with Gasteiger partial charge in [-0.25, -0.2) is 9.97 Å². The maximum absolute atomic E-state index is 11.1. The normalized spacial score (nSPS) is 20.7. The fourth-order valence-corrected chi connectivity index (χ4v) is 4.73. The van der Waals surface area contributed by atoms with E-state index in [1.54, 1.807) is 30.1 Å². The number of anilines is 3. The second-order valence-corrected chi connectivity index (χ2v) is 8.80. The summed E-state index contributed by atoms with van der Waals surface area (Å²) < 4.78 is 0. The lowest BCUT2D eigenvalue weighted by atomic mass is 10.1. The van der Waals surface area contributed by atoms with Gasteiger partial charge in [0.05, 0.1) is 17.3 Å². The van der Waals surface area contributed by atoms with Gasteiger partial charge in [-0.05, 0) is 54.1 Å². The third-order valence-electron chi connectivity index (χ3n) is 5.60. The number of aliphatic hydroxyl groups is 1. The molecule has 1 aliphatic rings. The molecular weight excluding hydrogens is 408 g/mol. The van der Waals surface area contributed by atoms with E-state index in [1.165, 1.54) is 5.56 Å². The standard InChI is InChI=1S/C23H24N6OS/c30-23(29-21-20-8-11-31-22(20)27-15-26-21)9-7-18(12-23)25-13-16-3-5-17(6-4-16)28-19-2-1-10-24-14-19/h1-6,8,10-11,14-15,18,25,28,30H,7,9,12-13H2,(H,26,27,29). The summed E-state index contributed by atoms with van der Waals surface area (Å²) in [6.45, 7) is 0.760. The van der Waals surface area contributed by atoms with Crippen molar-refractivity contribution < 1.29 is 5.11 Å². The SMILES string of the molecule is OC1(Nc2ncnc3sccc23)CCC(NCc2ccc(Nc3cccnc3)cc2)C1. The van der Waals surface area contributed by atoms with Gasteiger partial charge in [-0.2, -0.15) is 0 Å². The minimum absolute atomic E-state index is 0.241. The minimum atomic E-state index is -0.960. The van der Waals surface area contributed by atoms with Crippen LogP contribution in [-0.2, 0) is 6.54 Å². The Labute approximate surface area is 184 Å². The van der Waals surface area contributed by atoms with Crippen LogP contribution in [0.25, 0.3) is 10.2 Å². The zero-order valence-electron chi connectivity index (χ0n) is 17.0. The number of nitrogens with zero attached hydrogens (tertiary/aromatic N) is 3. The van der Waals surface area contributed by atoms with Crippen molar-refractivity contribution >= 4 is 38.7 Å². The molecule has 3 aromatic heterocycles. The summed E-state index contributed by atoms with van der Waals surface area (Å²) in [5.74, 6) is 0.700. The fourth-order valence-electron chi connectivity index (χ4n) is 3.99. The summed E-state index contributed by atoms with van der Waals surface area (Å²) in [6, 6.07) is 14.5. The Kier molecular flexibility index (Phi) is 5.50. The molecule has 158 valence electrons. The number of hydrogen-bond acceptors (Lipinski definition) is 8. The van der Waals surface area contributed by atoms with E-state index in [9.17, 15) is 5.11 Å². The molecule has 31 heavy (non-hydrogen) atoms. The quantitative estimate of drug-likeness (QED) is 0.324. The molecule has 5 rings (SSSR count). The van der Waals surface area contributed by atoms with Gasteiger partial charge in [0.25, 0.3) is 0 Å². The Morgan fingerprint density at radius 1 is 1.10 bits per heavy atom. The van der Waals surface area contributed by atoms with Crippen LogP contribution < -0.4 is 16.0 Å². The topological polar surface area (TPSA) is 95.0 Å². The van der Waals surface area contributed by atoms with E-state index in [-0.39, 0.29) is 6.04 Å². The Morgan fingerprint density at radius 2 is 2.00 bits per heavy atom. The first-order chi connectivity index (χ1) is 15.2. The van der Waals surface area contributed by atoms with Crippen LogP contribution in [0.15, 0.2) is 66.6 Å². The molecule has 2 unspecified atom stereocenters. The average Bonchev–Trinajstić information content (AvgIpc) is 3.41. The molecule has 2 atom stereocenters. The highest BCUT2D eigenvalue weighted by Gasteiger charge is 2.37. The molecule has 0 spiro atoms. The van der Waals surface area contributed by atoms with Crippen molar-refractivity contribution in [1.82, 2.24) is 20.3 Å². The van der Waals surface area contributed by atoms with Gasteiger partial charge in [-0.1, -0.05) is 12.1 Å². The van der Waals surface area contributed by atoms with E-state index >= 15 is 0 Å². The van der Waals surface area contributed by atoms with Crippen molar-refractivity contribution in [3.63, 3.8) is 0 Å². The number of nitrogens with one attached hydrogen (secondary N) is 3. The van der Waals surface area contributed by atoms with Gasteiger partial charge in [0.1, 0.15) is 22.7 Å². The third kappa shape index (κ3) is 4.66. The molecule has 0 amide bonds. The number of aromatic nitrogens is 3. The summed E-state index contributed by atoms with van der Waals surface area (Å²) in [4.78, 5) is 13.7. The zero-order chi connectivity index (χ0) is 21.1. The van der Waals surface area contributed by atoms with Crippen LogP contribution in [0.4, 0.5) is 17.2 Å². The van der Waals surface area contributed by atoms with Crippen LogP contribution in [0.2, 0.25) is 0 Å². The van der Waals surface area contributed by atoms with Gasteiger partial charge < -0.3 is 21.1 Å². The van der Waals surface area contributed by atoms with Crippen molar-refractivity contribution in [2.24, 2.45) is 0 Å². The molecule has 1 aromatic carbocycles. The average molecular weight is 433 g/mol. The fraction of sp³-hybridized carbons (Fsp3) is 0.261. The molecule has 1 fully saturated rings. The van der Waals surface area contributed by atoms with E-state index in [0.717, 1.165) is 34.6 Å². The lowest BCUT2D eigenvalue weighted by Gasteiger charge is -2.25. The first-order valence-electron chi connectivity index (χ1n) is 10.4. The molecule has 4 aromatic rings. The smallest absolute Gasteiger partial charge is 0.140 e. The number of benzene rings is 1. The lowest BCUT2D eigenvalue weighted by Crippen LogP contribution is -2.38. The maximum atomic E-state index is 11.1. The third-order valence-corrected chi connectivity index (χ3v) is 6.42. The minimum Gasteiger partial charge on any atom is -0.371 e. The van der Waals surface area contributed by atoms with Crippen LogP contribution in [0.3, 0.4) is 0 Å². The molecule has 0 saturated heterocycles. The molecule has 0 bridgehead atoms. The van der Waals surface area contributed by atoms with Crippen molar-refractivity contribution in [2.75, 3.05) is 10.6 Å². The van der Waals surface area contributed by atoms with Crippen LogP contribution >= 0.6 is 11.3 Å². The number of thiophene rings is 1. The molecule has 0 radical (unpaired) electrons. The van der Waals surface area contributed by atoms with Gasteiger partial charge in [0.15, 0.2) is 0 Å². The monoisotopic (exact) mass is 432 g/mol. The number of fused-ring (bicyclic) bond motifs is 1. The van der Waals surface area contributed by atoms with Gasteiger partial charge in [0, 0.05) is 30.9 Å². The molecular formula is C23H24N6OS. The first-order valence-corrected chi connectivity index (χ1v) is 11.2. The molecule has 1 saturated carbocycles. The van der Waals surface area contributed by atoms with E-state index in [0.29, 0.717) is 18.7 Å². The Hall–Kier alpha value is -3.07. The van der Waals surface area contributed by atoms with Gasteiger partial charge in [-0.3, -0.25) is 4.98 Å². The molecule has 7 nitrogen and oxygen atoms in total. The van der Waals surface area contributed by atoms with Crippen molar-refractivity contribution in [2.45, 2.75) is 37.6 Å². The van der Waals surface area contributed by atoms with Crippen molar-refractivity contribution in [1.29, 1.82) is 0 Å². The highest BCUT2D eigenvalue weighted by molar-refractivity contribution is 7.16. The Balaban J connectivity index is 1.15. The van der Waals surface area contributed by atoms with Gasteiger partial charge in [-0.15, -0.1) is 11.3 Å². The molecule has 8 heteroatoms. The highest BCUT2D eigenvalue weighted by Crippen LogP contribution is 2.33. The summed E-state index contributed by atoms with van der Waals surface area (Å²) in [5, 5.41) is 24.2. The second kappa shape index (κ2) is 8.58. The van der Waals surface area contributed by atoms with Crippen LogP contribution in [0.5, 0.6) is 0 Å². The van der Waals surface area contributed by atoms with Crippen molar-refractivity contribution in [3.8, 4) is 0 Å². The molecule has 1 aliphatic carbocycles. The van der Waals surface area contributed by atoms with Crippen LogP contribution in [0.1, 0.15) is 24.8 Å². The van der Waals surface area contributed by atoms with E-state index < -0.39 is 5.72 Å². The Morgan fingerprint density at radius 3 is 2.84 bits per heavy atom. The second-order valence-electron chi connectivity index (χ2n) is 7.90. The van der Waals surface area contributed by atoms with Gasteiger partial charge in [0.2, 0.25) is 0 Å². The highest BCUT2D eigenvalue weighted by atomic mass is 32.1. The summed E-state index contributed by atoms with van der Waals surface area (Å²) >= 11 is 1.57. The van der Waals surface area contributed by atoms with Crippen LogP contribution in [-0.4, -0.2) is 31.8 Å². The zero-order valence-corrected chi connectivity index (χ0v) is 17.8. The van der Waals surface area contributed by atoms with Crippen LogP contribution in [0, 0.1) is 0 Å². The summed E-state index contributed by atoms with van der Waals surface area (Å²) in [6.07, 6.45) is 7.31. The predicted molar refractivity (Wildman–Crippen MR) is 124 cm³/mol. The van der Waals surface area contributed by atoms with Gasteiger partial charge >= 0.3 is 0 Å². The maximum Gasteiger partial charge on any atom is 0.140 e. The Bertz CT molecular complexity index is 1150.